The lowest BCUT2D eigenvalue weighted by molar-refractivity contribution is 0.0684. The molecule has 0 radical (unpaired) electrons. The third kappa shape index (κ3) is 4.18. The molecule has 0 spiro atoms. The Hall–Kier alpha value is -3.97. The highest BCUT2D eigenvalue weighted by atomic mass is 16.7. The molecule has 0 bridgehead atoms. The van der Waals surface area contributed by atoms with E-state index in [2.05, 4.69) is 5.32 Å². The van der Waals surface area contributed by atoms with Crippen LogP contribution in [0.3, 0.4) is 0 Å². The first-order chi connectivity index (χ1) is 16.5. The van der Waals surface area contributed by atoms with Crippen LogP contribution in [-0.2, 0) is 19.6 Å². The molecule has 7 heteroatoms. The predicted molar refractivity (Wildman–Crippen MR) is 129 cm³/mol. The molecular formula is C27H26N2O5. The Morgan fingerprint density at radius 3 is 2.53 bits per heavy atom. The summed E-state index contributed by atoms with van der Waals surface area (Å²) in [5, 5.41) is 14.5. The number of carbonyl (C=O) groups is 1. The minimum Gasteiger partial charge on any atom is -0.497 e. The summed E-state index contributed by atoms with van der Waals surface area (Å²) in [5.74, 6) is 1.20. The molecule has 1 aliphatic rings. The molecule has 0 fully saturated rings. The van der Waals surface area contributed by atoms with Crippen molar-refractivity contribution in [2.24, 2.45) is 0 Å². The zero-order valence-corrected chi connectivity index (χ0v) is 19.1. The Morgan fingerprint density at radius 2 is 1.76 bits per heavy atom. The fourth-order valence-corrected chi connectivity index (χ4v) is 4.37. The second-order valence-electron chi connectivity index (χ2n) is 8.38. The number of carboxylic acid groups (broad SMARTS) is 1. The molecule has 5 rings (SSSR count). The Kier molecular flexibility index (Phi) is 5.86. The van der Waals surface area contributed by atoms with Crippen LogP contribution in [0.15, 0.2) is 60.7 Å². The average Bonchev–Trinajstić information content (AvgIpc) is 3.42. The highest BCUT2D eigenvalue weighted by molar-refractivity contribution is 5.98. The van der Waals surface area contributed by atoms with Gasteiger partial charge in [0.2, 0.25) is 6.79 Å². The van der Waals surface area contributed by atoms with E-state index >= 15 is 0 Å². The van der Waals surface area contributed by atoms with E-state index in [1.807, 2.05) is 72.2 Å². The number of carboxylic acids is 1. The highest BCUT2D eigenvalue weighted by Crippen LogP contribution is 2.33. The van der Waals surface area contributed by atoms with E-state index in [-0.39, 0.29) is 12.5 Å². The maximum absolute atomic E-state index is 12.5. The van der Waals surface area contributed by atoms with Gasteiger partial charge in [-0.1, -0.05) is 35.9 Å². The molecule has 2 heterocycles. The van der Waals surface area contributed by atoms with Gasteiger partial charge >= 0.3 is 5.97 Å². The van der Waals surface area contributed by atoms with Crippen LogP contribution >= 0.6 is 0 Å². The van der Waals surface area contributed by atoms with Crippen LogP contribution in [0, 0.1) is 6.92 Å². The number of aromatic nitrogens is 1. The normalized spacial score (nSPS) is 12.3. The monoisotopic (exact) mass is 458 g/mol. The Morgan fingerprint density at radius 1 is 1.00 bits per heavy atom. The van der Waals surface area contributed by atoms with Gasteiger partial charge in [0.15, 0.2) is 11.5 Å². The number of nitrogens with one attached hydrogen (secondary N) is 1. The molecular weight excluding hydrogens is 432 g/mol. The number of fused-ring (bicyclic) bond motifs is 2. The molecule has 1 aromatic heterocycles. The van der Waals surface area contributed by atoms with E-state index in [1.54, 1.807) is 7.11 Å². The van der Waals surface area contributed by atoms with Crippen molar-refractivity contribution in [3.8, 4) is 17.2 Å². The van der Waals surface area contributed by atoms with Crippen LogP contribution in [0.1, 0.15) is 32.7 Å². The third-order valence-corrected chi connectivity index (χ3v) is 6.11. The molecule has 0 saturated carbocycles. The molecule has 3 aromatic carbocycles. The Bertz CT molecular complexity index is 1360. The van der Waals surface area contributed by atoms with E-state index in [1.165, 1.54) is 0 Å². The van der Waals surface area contributed by atoms with Crippen molar-refractivity contribution in [2.45, 2.75) is 26.6 Å². The molecule has 2 N–H and O–H groups in total. The summed E-state index contributed by atoms with van der Waals surface area (Å²) in [6.45, 7) is 3.69. The molecule has 0 unspecified atom stereocenters. The maximum atomic E-state index is 12.5. The van der Waals surface area contributed by atoms with Gasteiger partial charge in [0, 0.05) is 36.7 Å². The quantitative estimate of drug-likeness (QED) is 0.398. The number of ether oxygens (including phenoxy) is 3. The van der Waals surface area contributed by atoms with Crippen LogP contribution < -0.4 is 19.5 Å². The lowest BCUT2D eigenvalue weighted by Gasteiger charge is -2.11. The van der Waals surface area contributed by atoms with Gasteiger partial charge in [-0.05, 0) is 42.3 Å². The summed E-state index contributed by atoms with van der Waals surface area (Å²) in [4.78, 5) is 12.5. The van der Waals surface area contributed by atoms with Gasteiger partial charge in [-0.25, -0.2) is 4.79 Å². The predicted octanol–water partition coefficient (Wildman–Crippen LogP) is 4.72. The molecule has 1 aliphatic heterocycles. The summed E-state index contributed by atoms with van der Waals surface area (Å²) in [7, 11) is 1.61. The first-order valence-electron chi connectivity index (χ1n) is 11.1. The van der Waals surface area contributed by atoms with Crippen molar-refractivity contribution in [1.29, 1.82) is 0 Å². The highest BCUT2D eigenvalue weighted by Gasteiger charge is 2.23. The van der Waals surface area contributed by atoms with Crippen molar-refractivity contribution >= 4 is 16.9 Å². The number of nitrogens with zero attached hydrogens (tertiary/aromatic N) is 1. The second kappa shape index (κ2) is 9.11. The zero-order chi connectivity index (χ0) is 23.7. The van der Waals surface area contributed by atoms with E-state index < -0.39 is 5.97 Å². The van der Waals surface area contributed by atoms with Crippen molar-refractivity contribution in [3.05, 3.63) is 88.6 Å². The number of benzene rings is 3. The smallest absolute Gasteiger partial charge is 0.352 e. The van der Waals surface area contributed by atoms with Crippen molar-refractivity contribution < 1.29 is 24.1 Å². The summed E-state index contributed by atoms with van der Waals surface area (Å²) in [6, 6.07) is 19.7. The summed E-state index contributed by atoms with van der Waals surface area (Å²) in [5.41, 5.74) is 5.09. The van der Waals surface area contributed by atoms with Gasteiger partial charge < -0.3 is 29.2 Å². The van der Waals surface area contributed by atoms with E-state index in [9.17, 15) is 9.90 Å². The number of rotatable bonds is 8. The van der Waals surface area contributed by atoms with Crippen molar-refractivity contribution in [3.63, 3.8) is 0 Å². The lowest BCUT2D eigenvalue weighted by atomic mass is 10.1. The fourth-order valence-electron chi connectivity index (χ4n) is 4.37. The van der Waals surface area contributed by atoms with Crippen LogP contribution in [0.4, 0.5) is 0 Å². The van der Waals surface area contributed by atoms with Crippen molar-refractivity contribution in [1.82, 2.24) is 9.88 Å². The number of methoxy groups -OCH3 is 1. The topological polar surface area (TPSA) is 81.9 Å². The molecule has 7 nitrogen and oxygen atoms in total. The minimum atomic E-state index is -0.956. The van der Waals surface area contributed by atoms with Gasteiger partial charge in [-0.2, -0.15) is 0 Å². The van der Waals surface area contributed by atoms with Crippen LogP contribution in [0.5, 0.6) is 17.2 Å². The molecule has 174 valence electrons. The Balaban J connectivity index is 1.49. The zero-order valence-electron chi connectivity index (χ0n) is 19.1. The number of aromatic carboxylic acids is 1. The first kappa shape index (κ1) is 21.9. The van der Waals surface area contributed by atoms with Gasteiger partial charge in [0.1, 0.15) is 11.4 Å². The second-order valence-corrected chi connectivity index (χ2v) is 8.38. The first-order valence-corrected chi connectivity index (χ1v) is 11.1. The van der Waals surface area contributed by atoms with Crippen LogP contribution in [0.2, 0.25) is 0 Å². The average molecular weight is 459 g/mol. The van der Waals surface area contributed by atoms with Crippen LogP contribution in [-0.4, -0.2) is 29.5 Å². The molecule has 34 heavy (non-hydrogen) atoms. The van der Waals surface area contributed by atoms with E-state index in [0.29, 0.717) is 25.4 Å². The van der Waals surface area contributed by atoms with Crippen molar-refractivity contribution in [2.75, 3.05) is 13.9 Å². The largest absolute Gasteiger partial charge is 0.497 e. The van der Waals surface area contributed by atoms with Crippen LogP contribution in [0.25, 0.3) is 10.9 Å². The fraction of sp³-hybridized carbons (Fsp3) is 0.222. The van der Waals surface area contributed by atoms with Gasteiger partial charge in [0.05, 0.1) is 12.6 Å². The summed E-state index contributed by atoms with van der Waals surface area (Å²) >= 11 is 0. The van der Waals surface area contributed by atoms with Gasteiger partial charge in [0.25, 0.3) is 0 Å². The van der Waals surface area contributed by atoms with Gasteiger partial charge in [-0.15, -0.1) is 0 Å². The SMILES string of the molecule is COc1ccc2c(CNCc3ccc4c(c3)OCO4)c(C(=O)O)n(Cc3ccc(C)cc3)c2c1. The lowest BCUT2D eigenvalue weighted by Crippen LogP contribution is -2.17. The van der Waals surface area contributed by atoms with E-state index in [4.69, 9.17) is 14.2 Å². The summed E-state index contributed by atoms with van der Waals surface area (Å²) in [6.07, 6.45) is 0. The minimum absolute atomic E-state index is 0.234. The summed E-state index contributed by atoms with van der Waals surface area (Å²) < 4.78 is 18.1. The van der Waals surface area contributed by atoms with Gasteiger partial charge in [-0.3, -0.25) is 0 Å². The molecule has 0 amide bonds. The number of aryl methyl sites for hydroxylation is 1. The maximum Gasteiger partial charge on any atom is 0.352 e. The van der Waals surface area contributed by atoms with E-state index in [0.717, 1.165) is 44.7 Å². The molecule has 4 aromatic rings. The standard InChI is InChI=1S/C27H26N2O5/c1-17-3-5-18(6-4-17)15-29-23-12-20(32-2)8-9-21(23)22(26(29)27(30)31)14-28-13-19-7-10-24-25(11-19)34-16-33-24/h3-12,28H,13-16H2,1-2H3,(H,30,31). The molecule has 0 saturated heterocycles. The third-order valence-electron chi connectivity index (χ3n) is 6.11. The molecule has 0 atom stereocenters. The number of hydrogen-bond acceptors (Lipinski definition) is 5. The molecule has 0 aliphatic carbocycles. The Labute approximate surface area is 197 Å². The number of hydrogen-bond donors (Lipinski definition) is 2.